The zero-order valence-electron chi connectivity index (χ0n) is 12.0. The van der Waals surface area contributed by atoms with Gasteiger partial charge in [0, 0.05) is 18.3 Å². The summed E-state index contributed by atoms with van der Waals surface area (Å²) in [5.41, 5.74) is 2.91. The van der Waals surface area contributed by atoms with Gasteiger partial charge in [0.1, 0.15) is 0 Å². The van der Waals surface area contributed by atoms with Crippen molar-refractivity contribution < 1.29 is 14.7 Å². The molecule has 0 spiro atoms. The van der Waals surface area contributed by atoms with Crippen LogP contribution in [0.4, 0.5) is 10.5 Å². The van der Waals surface area contributed by atoms with Crippen LogP contribution in [-0.2, 0) is 4.79 Å². The molecule has 1 aromatic carbocycles. The van der Waals surface area contributed by atoms with Crippen molar-refractivity contribution >= 4 is 17.7 Å². The van der Waals surface area contributed by atoms with Crippen molar-refractivity contribution in [2.75, 3.05) is 11.9 Å². The van der Waals surface area contributed by atoms with Crippen molar-refractivity contribution in [2.24, 2.45) is 5.92 Å². The van der Waals surface area contributed by atoms with Gasteiger partial charge in [0.2, 0.25) is 0 Å². The summed E-state index contributed by atoms with van der Waals surface area (Å²) in [6.07, 6.45) is 0.511. The first-order chi connectivity index (χ1) is 9.38. The van der Waals surface area contributed by atoms with E-state index in [1.807, 2.05) is 32.0 Å². The van der Waals surface area contributed by atoms with Crippen molar-refractivity contribution in [3.63, 3.8) is 0 Å². The van der Waals surface area contributed by atoms with Crippen LogP contribution in [0.2, 0.25) is 0 Å². The van der Waals surface area contributed by atoms with Crippen LogP contribution in [0.15, 0.2) is 18.2 Å². The van der Waals surface area contributed by atoms with Gasteiger partial charge in [-0.05, 0) is 50.5 Å². The Kier molecular flexibility index (Phi) is 3.97. The number of hydrogen-bond acceptors (Lipinski definition) is 2. The molecule has 0 aromatic heterocycles. The molecule has 1 aliphatic heterocycles. The van der Waals surface area contributed by atoms with Gasteiger partial charge < -0.3 is 15.3 Å². The number of carboxylic acids is 1. The highest BCUT2D eigenvalue weighted by atomic mass is 16.4. The lowest BCUT2D eigenvalue weighted by Crippen LogP contribution is -2.40. The van der Waals surface area contributed by atoms with E-state index >= 15 is 0 Å². The molecule has 1 fully saturated rings. The summed E-state index contributed by atoms with van der Waals surface area (Å²) in [5.74, 6) is -1.31. The highest BCUT2D eigenvalue weighted by molar-refractivity contribution is 5.90. The Labute approximate surface area is 118 Å². The summed E-state index contributed by atoms with van der Waals surface area (Å²) >= 11 is 0. The van der Waals surface area contributed by atoms with Gasteiger partial charge in [-0.3, -0.25) is 4.79 Å². The molecule has 1 aromatic rings. The van der Waals surface area contributed by atoms with Crippen molar-refractivity contribution in [1.29, 1.82) is 0 Å². The Hall–Kier alpha value is -2.04. The van der Waals surface area contributed by atoms with E-state index in [9.17, 15) is 9.59 Å². The summed E-state index contributed by atoms with van der Waals surface area (Å²) in [4.78, 5) is 24.9. The van der Waals surface area contributed by atoms with Crippen LogP contribution in [0.5, 0.6) is 0 Å². The predicted octanol–water partition coefficient (Wildman–Crippen LogP) is 2.63. The number of amides is 2. The Morgan fingerprint density at radius 3 is 2.35 bits per heavy atom. The fraction of sp³-hybridized carbons (Fsp3) is 0.467. The van der Waals surface area contributed by atoms with Gasteiger partial charge in [-0.1, -0.05) is 6.07 Å². The van der Waals surface area contributed by atoms with E-state index < -0.39 is 11.9 Å². The normalized spacial score (nSPS) is 21.9. The number of carboxylic acid groups (broad SMARTS) is 1. The van der Waals surface area contributed by atoms with Crippen molar-refractivity contribution in [3.8, 4) is 0 Å². The van der Waals surface area contributed by atoms with Crippen LogP contribution in [0.3, 0.4) is 0 Å². The van der Waals surface area contributed by atoms with Gasteiger partial charge >= 0.3 is 12.0 Å². The molecule has 2 N–H and O–H groups in total. The monoisotopic (exact) mass is 276 g/mol. The Morgan fingerprint density at radius 2 is 1.85 bits per heavy atom. The summed E-state index contributed by atoms with van der Waals surface area (Å²) in [7, 11) is 0. The molecule has 0 radical (unpaired) electrons. The van der Waals surface area contributed by atoms with Crippen LogP contribution in [0.1, 0.15) is 24.5 Å². The van der Waals surface area contributed by atoms with Gasteiger partial charge in [-0.15, -0.1) is 0 Å². The van der Waals surface area contributed by atoms with E-state index in [1.54, 1.807) is 11.8 Å². The number of aryl methyl sites for hydroxylation is 2. The molecule has 0 saturated carbocycles. The molecular formula is C15H20N2O3. The van der Waals surface area contributed by atoms with Crippen molar-refractivity contribution in [1.82, 2.24) is 4.90 Å². The van der Waals surface area contributed by atoms with E-state index in [1.165, 1.54) is 0 Å². The molecule has 2 amide bonds. The number of carbonyl (C=O) groups excluding carboxylic acids is 1. The number of carbonyl (C=O) groups is 2. The maximum atomic E-state index is 12.2. The number of aliphatic carboxylic acids is 1. The third-order valence-electron chi connectivity index (χ3n) is 3.81. The van der Waals surface area contributed by atoms with E-state index in [0.717, 1.165) is 16.8 Å². The second kappa shape index (κ2) is 5.53. The summed E-state index contributed by atoms with van der Waals surface area (Å²) in [6.45, 7) is 6.21. The van der Waals surface area contributed by atoms with Gasteiger partial charge in [0.15, 0.2) is 0 Å². The molecule has 20 heavy (non-hydrogen) atoms. The Morgan fingerprint density at radius 1 is 1.25 bits per heavy atom. The predicted molar refractivity (Wildman–Crippen MR) is 76.8 cm³/mol. The molecule has 1 saturated heterocycles. The molecule has 0 bridgehead atoms. The molecule has 5 nitrogen and oxygen atoms in total. The Balaban J connectivity index is 2.07. The number of nitrogens with zero attached hydrogens (tertiary/aromatic N) is 1. The molecule has 108 valence electrons. The molecular weight excluding hydrogens is 256 g/mol. The summed E-state index contributed by atoms with van der Waals surface area (Å²) in [5, 5.41) is 11.9. The number of nitrogens with one attached hydrogen (secondary N) is 1. The standard InChI is InChI=1S/C15H20N2O3/c1-9-6-10(2)8-12(7-9)16-15(20)17-5-4-13(11(17)3)14(18)19/h6-8,11,13H,4-5H2,1-3H3,(H,16,20)(H,18,19). The minimum absolute atomic E-state index is 0.230. The average Bonchev–Trinajstić information content (AvgIpc) is 2.69. The van der Waals surface area contributed by atoms with Gasteiger partial charge in [0.25, 0.3) is 0 Å². The van der Waals surface area contributed by atoms with Gasteiger partial charge in [-0.2, -0.15) is 0 Å². The summed E-state index contributed by atoms with van der Waals surface area (Å²) < 4.78 is 0. The zero-order valence-corrected chi connectivity index (χ0v) is 12.0. The quantitative estimate of drug-likeness (QED) is 0.872. The number of anilines is 1. The van der Waals surface area contributed by atoms with E-state index in [2.05, 4.69) is 5.32 Å². The molecule has 2 unspecified atom stereocenters. The maximum Gasteiger partial charge on any atom is 0.322 e. The SMILES string of the molecule is Cc1cc(C)cc(NC(=O)N2CCC(C(=O)O)C2C)c1. The first-order valence-electron chi connectivity index (χ1n) is 6.77. The highest BCUT2D eigenvalue weighted by Crippen LogP contribution is 2.25. The number of hydrogen-bond donors (Lipinski definition) is 2. The van der Waals surface area contributed by atoms with E-state index in [0.29, 0.717) is 13.0 Å². The minimum Gasteiger partial charge on any atom is -0.481 e. The van der Waals surface area contributed by atoms with Gasteiger partial charge in [0.05, 0.1) is 5.92 Å². The van der Waals surface area contributed by atoms with Crippen LogP contribution in [0.25, 0.3) is 0 Å². The first-order valence-corrected chi connectivity index (χ1v) is 6.77. The third kappa shape index (κ3) is 2.92. The number of likely N-dealkylation sites (tertiary alicyclic amines) is 1. The molecule has 2 rings (SSSR count). The first kappa shape index (κ1) is 14.4. The molecule has 1 heterocycles. The van der Waals surface area contributed by atoms with Crippen LogP contribution in [0, 0.1) is 19.8 Å². The van der Waals surface area contributed by atoms with E-state index in [-0.39, 0.29) is 12.1 Å². The lowest BCUT2D eigenvalue weighted by atomic mass is 10.0. The van der Waals surface area contributed by atoms with Crippen LogP contribution < -0.4 is 5.32 Å². The van der Waals surface area contributed by atoms with Crippen molar-refractivity contribution in [2.45, 2.75) is 33.2 Å². The topological polar surface area (TPSA) is 69.6 Å². The lowest BCUT2D eigenvalue weighted by Gasteiger charge is -2.23. The number of urea groups is 1. The average molecular weight is 276 g/mol. The second-order valence-electron chi connectivity index (χ2n) is 5.47. The zero-order chi connectivity index (χ0) is 14.9. The largest absolute Gasteiger partial charge is 0.481 e. The van der Waals surface area contributed by atoms with Crippen molar-refractivity contribution in [3.05, 3.63) is 29.3 Å². The maximum absolute atomic E-state index is 12.2. The number of benzene rings is 1. The highest BCUT2D eigenvalue weighted by Gasteiger charge is 2.38. The van der Waals surface area contributed by atoms with Gasteiger partial charge in [-0.25, -0.2) is 4.79 Å². The second-order valence-corrected chi connectivity index (χ2v) is 5.47. The minimum atomic E-state index is -0.834. The summed E-state index contributed by atoms with van der Waals surface area (Å²) in [6, 6.07) is 5.33. The molecule has 0 aliphatic carbocycles. The third-order valence-corrected chi connectivity index (χ3v) is 3.81. The van der Waals surface area contributed by atoms with Crippen LogP contribution in [-0.4, -0.2) is 34.6 Å². The van der Waals surface area contributed by atoms with E-state index in [4.69, 9.17) is 5.11 Å². The Bertz CT molecular complexity index is 522. The molecule has 5 heteroatoms. The fourth-order valence-corrected chi connectivity index (χ4v) is 2.80. The number of rotatable bonds is 2. The lowest BCUT2D eigenvalue weighted by molar-refractivity contribution is -0.142. The smallest absolute Gasteiger partial charge is 0.322 e. The molecule has 2 atom stereocenters. The fourth-order valence-electron chi connectivity index (χ4n) is 2.80. The molecule has 1 aliphatic rings. The van der Waals surface area contributed by atoms with Crippen LogP contribution >= 0.6 is 0 Å².